The summed E-state index contributed by atoms with van der Waals surface area (Å²) < 4.78 is 33.1. The molecule has 3 aromatic rings. The standard InChI is InChI=1S/C19H17NO3S/c1-14-13-16-5-2-3-6-18(16)20(14)24(21,22)17-10-8-15(9-11-17)19-7-4-12-23-19/h2-12,14H,13H2,1H3. The van der Waals surface area contributed by atoms with Gasteiger partial charge in [-0.3, -0.25) is 4.31 Å². The number of para-hydroxylation sites is 1. The molecule has 0 saturated carbocycles. The molecule has 0 amide bonds. The molecule has 0 fully saturated rings. The number of rotatable bonds is 3. The average Bonchev–Trinajstić information content (AvgIpc) is 3.21. The van der Waals surface area contributed by atoms with Crippen molar-refractivity contribution in [3.63, 3.8) is 0 Å². The van der Waals surface area contributed by atoms with E-state index in [2.05, 4.69) is 0 Å². The van der Waals surface area contributed by atoms with Crippen molar-refractivity contribution in [2.24, 2.45) is 0 Å². The number of hydrogen-bond donors (Lipinski definition) is 0. The van der Waals surface area contributed by atoms with Gasteiger partial charge in [0, 0.05) is 11.6 Å². The largest absolute Gasteiger partial charge is 0.464 e. The lowest BCUT2D eigenvalue weighted by molar-refractivity contribution is 0.580. The molecule has 0 spiro atoms. The van der Waals surface area contributed by atoms with Crippen LogP contribution in [0.3, 0.4) is 0 Å². The zero-order valence-corrected chi connectivity index (χ0v) is 14.0. The minimum absolute atomic E-state index is 0.0860. The summed E-state index contributed by atoms with van der Waals surface area (Å²) in [5.74, 6) is 0.721. The Bertz CT molecular complexity index is 960. The van der Waals surface area contributed by atoms with E-state index < -0.39 is 10.0 Å². The van der Waals surface area contributed by atoms with Crippen LogP contribution in [0.25, 0.3) is 11.3 Å². The molecule has 1 unspecified atom stereocenters. The Morgan fingerprint density at radius 1 is 1.00 bits per heavy atom. The Morgan fingerprint density at radius 2 is 1.75 bits per heavy atom. The van der Waals surface area contributed by atoms with Crippen molar-refractivity contribution in [2.45, 2.75) is 24.3 Å². The van der Waals surface area contributed by atoms with Crippen molar-refractivity contribution < 1.29 is 12.8 Å². The van der Waals surface area contributed by atoms with E-state index >= 15 is 0 Å². The van der Waals surface area contributed by atoms with E-state index in [9.17, 15) is 8.42 Å². The van der Waals surface area contributed by atoms with Gasteiger partial charge in [0.15, 0.2) is 0 Å². The van der Waals surface area contributed by atoms with Crippen molar-refractivity contribution in [1.82, 2.24) is 0 Å². The monoisotopic (exact) mass is 339 g/mol. The lowest BCUT2D eigenvalue weighted by Crippen LogP contribution is -2.35. The molecule has 2 aromatic carbocycles. The van der Waals surface area contributed by atoms with Crippen molar-refractivity contribution in [3.05, 3.63) is 72.5 Å². The molecule has 2 heterocycles. The number of furan rings is 1. The van der Waals surface area contributed by atoms with Gasteiger partial charge in [-0.2, -0.15) is 0 Å². The Labute approximate surface area is 141 Å². The summed E-state index contributed by atoms with van der Waals surface area (Å²) in [4.78, 5) is 0.293. The number of fused-ring (bicyclic) bond motifs is 1. The number of benzene rings is 2. The van der Waals surface area contributed by atoms with Crippen molar-refractivity contribution in [2.75, 3.05) is 4.31 Å². The van der Waals surface area contributed by atoms with E-state index in [1.165, 1.54) is 4.31 Å². The van der Waals surface area contributed by atoms with Crippen LogP contribution >= 0.6 is 0 Å². The smallest absolute Gasteiger partial charge is 0.264 e. The molecular formula is C19H17NO3S. The highest BCUT2D eigenvalue weighted by molar-refractivity contribution is 7.92. The van der Waals surface area contributed by atoms with Gasteiger partial charge >= 0.3 is 0 Å². The van der Waals surface area contributed by atoms with Crippen LogP contribution in [0.5, 0.6) is 0 Å². The van der Waals surface area contributed by atoms with Gasteiger partial charge in [0.25, 0.3) is 10.0 Å². The van der Waals surface area contributed by atoms with Crippen LogP contribution in [0.2, 0.25) is 0 Å². The third-order valence-electron chi connectivity index (χ3n) is 4.36. The molecule has 0 radical (unpaired) electrons. The maximum absolute atomic E-state index is 13.1. The Hall–Kier alpha value is -2.53. The molecule has 0 aliphatic carbocycles. The summed E-state index contributed by atoms with van der Waals surface area (Å²) in [5, 5.41) is 0. The minimum Gasteiger partial charge on any atom is -0.464 e. The Morgan fingerprint density at radius 3 is 2.46 bits per heavy atom. The molecule has 24 heavy (non-hydrogen) atoms. The van der Waals surface area contributed by atoms with E-state index in [1.807, 2.05) is 43.3 Å². The molecule has 5 heteroatoms. The number of hydrogen-bond acceptors (Lipinski definition) is 3. The summed E-state index contributed by atoms with van der Waals surface area (Å²) >= 11 is 0. The van der Waals surface area contributed by atoms with Crippen molar-refractivity contribution in [3.8, 4) is 11.3 Å². The lowest BCUT2D eigenvalue weighted by Gasteiger charge is -2.24. The zero-order valence-electron chi connectivity index (χ0n) is 13.2. The summed E-state index contributed by atoms with van der Waals surface area (Å²) in [6.45, 7) is 1.94. The summed E-state index contributed by atoms with van der Waals surface area (Å²) in [6.07, 6.45) is 2.34. The first-order valence-corrected chi connectivity index (χ1v) is 9.27. The molecule has 1 aliphatic heterocycles. The first-order valence-electron chi connectivity index (χ1n) is 7.83. The van der Waals surface area contributed by atoms with Gasteiger partial charge in [-0.05, 0) is 61.4 Å². The molecule has 1 aliphatic rings. The van der Waals surface area contributed by atoms with E-state index in [4.69, 9.17) is 4.42 Å². The van der Waals surface area contributed by atoms with Crippen LogP contribution in [0.15, 0.2) is 76.2 Å². The van der Waals surface area contributed by atoms with Gasteiger partial charge in [-0.1, -0.05) is 18.2 Å². The molecule has 4 rings (SSSR count). The van der Waals surface area contributed by atoms with Crippen molar-refractivity contribution >= 4 is 15.7 Å². The van der Waals surface area contributed by atoms with E-state index in [0.717, 1.165) is 29.0 Å². The summed E-state index contributed by atoms with van der Waals surface area (Å²) in [6, 6.07) is 18.1. The number of sulfonamides is 1. The molecule has 1 atom stereocenters. The van der Waals surface area contributed by atoms with Gasteiger partial charge in [0.1, 0.15) is 5.76 Å². The maximum Gasteiger partial charge on any atom is 0.264 e. The zero-order chi connectivity index (χ0) is 16.7. The minimum atomic E-state index is -3.58. The topological polar surface area (TPSA) is 50.5 Å². The molecular weight excluding hydrogens is 322 g/mol. The van der Waals surface area contributed by atoms with Crippen LogP contribution in [0.4, 0.5) is 5.69 Å². The normalized spacial score (nSPS) is 17.0. The van der Waals surface area contributed by atoms with E-state index in [-0.39, 0.29) is 6.04 Å². The predicted octanol–water partition coefficient (Wildman–Crippen LogP) is 4.09. The average molecular weight is 339 g/mol. The summed E-state index contributed by atoms with van der Waals surface area (Å²) in [5.41, 5.74) is 2.70. The second kappa shape index (κ2) is 5.53. The molecule has 1 aromatic heterocycles. The van der Waals surface area contributed by atoms with Gasteiger partial charge in [-0.25, -0.2) is 8.42 Å². The maximum atomic E-state index is 13.1. The molecule has 0 N–H and O–H groups in total. The quantitative estimate of drug-likeness (QED) is 0.722. The fourth-order valence-electron chi connectivity index (χ4n) is 3.25. The van der Waals surface area contributed by atoms with Crippen LogP contribution in [-0.2, 0) is 16.4 Å². The third-order valence-corrected chi connectivity index (χ3v) is 6.30. The van der Waals surface area contributed by atoms with Crippen molar-refractivity contribution in [1.29, 1.82) is 0 Å². The highest BCUT2D eigenvalue weighted by atomic mass is 32.2. The highest BCUT2D eigenvalue weighted by Gasteiger charge is 2.35. The first-order chi connectivity index (χ1) is 11.6. The van der Waals surface area contributed by atoms with Gasteiger partial charge in [0.05, 0.1) is 16.8 Å². The SMILES string of the molecule is CC1Cc2ccccc2N1S(=O)(=O)c1ccc(-c2ccco2)cc1. The Kier molecular flexibility index (Phi) is 3.46. The molecule has 0 saturated heterocycles. The third kappa shape index (κ3) is 2.32. The fraction of sp³-hybridized carbons (Fsp3) is 0.158. The Balaban J connectivity index is 1.73. The van der Waals surface area contributed by atoms with E-state index in [1.54, 1.807) is 30.5 Å². The first kappa shape index (κ1) is 15.0. The van der Waals surface area contributed by atoms with Crippen LogP contribution < -0.4 is 4.31 Å². The van der Waals surface area contributed by atoms with Gasteiger partial charge in [-0.15, -0.1) is 0 Å². The van der Waals surface area contributed by atoms with Crippen LogP contribution in [0.1, 0.15) is 12.5 Å². The molecule has 4 nitrogen and oxygen atoms in total. The second-order valence-corrected chi connectivity index (χ2v) is 7.80. The number of anilines is 1. The highest BCUT2D eigenvalue weighted by Crippen LogP contribution is 2.36. The van der Waals surface area contributed by atoms with Crippen LogP contribution in [0, 0.1) is 0 Å². The molecule has 122 valence electrons. The van der Waals surface area contributed by atoms with Gasteiger partial charge < -0.3 is 4.42 Å². The van der Waals surface area contributed by atoms with Crippen LogP contribution in [-0.4, -0.2) is 14.5 Å². The predicted molar refractivity (Wildman–Crippen MR) is 93.4 cm³/mol. The summed E-state index contributed by atoms with van der Waals surface area (Å²) in [7, 11) is -3.58. The lowest BCUT2D eigenvalue weighted by atomic mass is 10.1. The van der Waals surface area contributed by atoms with E-state index in [0.29, 0.717) is 4.90 Å². The fourth-order valence-corrected chi connectivity index (χ4v) is 4.94. The second-order valence-electron chi connectivity index (χ2n) is 5.98. The van der Waals surface area contributed by atoms with Gasteiger partial charge in [0.2, 0.25) is 0 Å². The number of nitrogens with zero attached hydrogens (tertiary/aromatic N) is 1. The molecule has 0 bridgehead atoms.